The predicted octanol–water partition coefficient (Wildman–Crippen LogP) is 1.15. The fourth-order valence-corrected chi connectivity index (χ4v) is 3.39. The maximum absolute atomic E-state index is 12.5. The lowest BCUT2D eigenvalue weighted by atomic mass is 9.98. The summed E-state index contributed by atoms with van der Waals surface area (Å²) >= 11 is 0. The number of hydrogen-bond acceptors (Lipinski definition) is 5. The molecule has 0 radical (unpaired) electrons. The Labute approximate surface area is 171 Å². The highest BCUT2D eigenvalue weighted by Gasteiger charge is 2.25. The molecule has 0 atom stereocenters. The molecule has 7 heteroatoms. The van der Waals surface area contributed by atoms with Gasteiger partial charge in [-0.2, -0.15) is 0 Å². The average Bonchev–Trinajstić information content (AvgIpc) is 2.69. The van der Waals surface area contributed by atoms with Crippen LogP contribution in [0.15, 0.2) is 0 Å². The highest BCUT2D eigenvalue weighted by molar-refractivity contribution is 6.00. The zero-order valence-corrected chi connectivity index (χ0v) is 17.9. The number of hydrogen-bond donors (Lipinski definition) is 5. The van der Waals surface area contributed by atoms with Gasteiger partial charge in [-0.3, -0.25) is 9.59 Å². The Morgan fingerprint density at radius 2 is 1.00 bits per heavy atom. The van der Waals surface area contributed by atoms with Crippen LogP contribution in [0, 0.1) is 5.92 Å². The third-order valence-electron chi connectivity index (χ3n) is 5.14. The van der Waals surface area contributed by atoms with E-state index in [4.69, 9.17) is 0 Å². The van der Waals surface area contributed by atoms with E-state index in [1.807, 2.05) is 0 Å². The van der Waals surface area contributed by atoms with Gasteiger partial charge in [0.15, 0.2) is 0 Å². The van der Waals surface area contributed by atoms with Crippen molar-refractivity contribution >= 4 is 11.8 Å². The van der Waals surface area contributed by atoms with Crippen molar-refractivity contribution in [1.29, 1.82) is 0 Å². The van der Waals surface area contributed by atoms with E-state index in [2.05, 4.69) is 33.5 Å². The van der Waals surface area contributed by atoms with Crippen molar-refractivity contribution in [2.75, 3.05) is 52.4 Å². The second-order valence-electron chi connectivity index (χ2n) is 7.65. The molecule has 5 N–H and O–H groups in total. The molecule has 28 heavy (non-hydrogen) atoms. The first-order valence-electron chi connectivity index (χ1n) is 11.4. The molecule has 1 heterocycles. The minimum absolute atomic E-state index is 0.138. The van der Waals surface area contributed by atoms with Crippen molar-refractivity contribution in [2.45, 2.75) is 64.7 Å². The number of unbranched alkanes of at least 4 members (excludes halogenated alkanes) is 7. The zero-order chi connectivity index (χ0) is 20.3. The number of carbonyl (C=O) groups is 2. The molecule has 1 fully saturated rings. The highest BCUT2D eigenvalue weighted by Crippen LogP contribution is 2.14. The van der Waals surface area contributed by atoms with Crippen LogP contribution in [0.4, 0.5) is 0 Å². The van der Waals surface area contributed by atoms with Crippen LogP contribution in [0.5, 0.6) is 0 Å². The van der Waals surface area contributed by atoms with Crippen molar-refractivity contribution in [2.24, 2.45) is 5.92 Å². The summed E-state index contributed by atoms with van der Waals surface area (Å²) in [6, 6.07) is 0. The van der Waals surface area contributed by atoms with Crippen LogP contribution in [0.1, 0.15) is 64.7 Å². The second-order valence-corrected chi connectivity index (χ2v) is 7.65. The van der Waals surface area contributed by atoms with Gasteiger partial charge in [0.2, 0.25) is 11.8 Å². The molecule has 0 unspecified atom stereocenters. The van der Waals surface area contributed by atoms with Crippen LogP contribution in [0.2, 0.25) is 0 Å². The predicted molar refractivity (Wildman–Crippen MR) is 115 cm³/mol. The minimum atomic E-state index is -0.574. The van der Waals surface area contributed by atoms with E-state index in [0.29, 0.717) is 19.5 Å². The summed E-state index contributed by atoms with van der Waals surface area (Å²) in [7, 11) is 0. The normalized spacial score (nSPS) is 19.2. The monoisotopic (exact) mass is 397 g/mol. The average molecular weight is 398 g/mol. The fraction of sp³-hybridized carbons (Fsp3) is 0.905. The molecule has 7 nitrogen and oxygen atoms in total. The van der Waals surface area contributed by atoms with Crippen molar-refractivity contribution in [3.63, 3.8) is 0 Å². The van der Waals surface area contributed by atoms with E-state index < -0.39 is 5.92 Å². The van der Waals surface area contributed by atoms with E-state index in [9.17, 15) is 9.59 Å². The summed E-state index contributed by atoms with van der Waals surface area (Å²) in [6.07, 6.45) is 10.3. The molecular formula is C21H43N5O2. The van der Waals surface area contributed by atoms with Gasteiger partial charge in [-0.15, -0.1) is 0 Å². The Kier molecular flexibility index (Phi) is 15.9. The summed E-state index contributed by atoms with van der Waals surface area (Å²) < 4.78 is 0. The van der Waals surface area contributed by atoms with Gasteiger partial charge < -0.3 is 26.6 Å². The summed E-state index contributed by atoms with van der Waals surface area (Å²) in [6.45, 7) is 8.35. The molecule has 2 amide bonds. The van der Waals surface area contributed by atoms with Crippen LogP contribution in [-0.4, -0.2) is 64.2 Å². The Morgan fingerprint density at radius 3 is 1.46 bits per heavy atom. The van der Waals surface area contributed by atoms with Gasteiger partial charge in [0.25, 0.3) is 0 Å². The quantitative estimate of drug-likeness (QED) is 0.297. The van der Waals surface area contributed by atoms with Gasteiger partial charge in [-0.25, -0.2) is 0 Å². The van der Waals surface area contributed by atoms with E-state index >= 15 is 0 Å². The molecule has 0 aromatic carbocycles. The van der Waals surface area contributed by atoms with Crippen molar-refractivity contribution in [3.05, 3.63) is 0 Å². The first kappa shape index (κ1) is 24.9. The Hall–Kier alpha value is -1.18. The van der Waals surface area contributed by atoms with Gasteiger partial charge in [-0.1, -0.05) is 58.3 Å². The SMILES string of the molecule is CCCCCCCCCCC1C(=O)NCCNCCNCCNCCNC1=O. The van der Waals surface area contributed by atoms with Gasteiger partial charge in [0.1, 0.15) is 5.92 Å². The van der Waals surface area contributed by atoms with Crippen LogP contribution < -0.4 is 26.6 Å². The van der Waals surface area contributed by atoms with E-state index in [0.717, 1.165) is 52.1 Å². The fourth-order valence-electron chi connectivity index (χ4n) is 3.39. The number of carbonyl (C=O) groups excluding carboxylic acids is 2. The molecule has 1 saturated heterocycles. The van der Waals surface area contributed by atoms with Crippen molar-refractivity contribution in [1.82, 2.24) is 26.6 Å². The molecule has 0 aromatic heterocycles. The van der Waals surface area contributed by atoms with Crippen LogP contribution in [0.25, 0.3) is 0 Å². The highest BCUT2D eigenvalue weighted by atomic mass is 16.2. The lowest BCUT2D eigenvalue weighted by molar-refractivity contribution is -0.135. The summed E-state index contributed by atoms with van der Waals surface area (Å²) in [5.41, 5.74) is 0. The van der Waals surface area contributed by atoms with E-state index in [-0.39, 0.29) is 11.8 Å². The van der Waals surface area contributed by atoms with E-state index in [1.165, 1.54) is 38.5 Å². The Morgan fingerprint density at radius 1 is 0.607 bits per heavy atom. The van der Waals surface area contributed by atoms with Crippen molar-refractivity contribution in [3.8, 4) is 0 Å². The molecule has 1 rings (SSSR count). The molecular weight excluding hydrogens is 354 g/mol. The van der Waals surface area contributed by atoms with Crippen molar-refractivity contribution < 1.29 is 9.59 Å². The summed E-state index contributed by atoms with van der Waals surface area (Å²) in [5, 5.41) is 15.8. The van der Waals surface area contributed by atoms with E-state index in [1.54, 1.807) is 0 Å². The number of nitrogens with one attached hydrogen (secondary N) is 5. The Balaban J connectivity index is 2.36. The smallest absolute Gasteiger partial charge is 0.232 e. The molecule has 164 valence electrons. The van der Waals surface area contributed by atoms with Crippen LogP contribution in [-0.2, 0) is 9.59 Å². The third kappa shape index (κ3) is 13.1. The van der Waals surface area contributed by atoms with Gasteiger partial charge in [0.05, 0.1) is 0 Å². The summed E-state index contributed by atoms with van der Waals surface area (Å²) in [5.74, 6) is -0.851. The van der Waals surface area contributed by atoms with Gasteiger partial charge in [0, 0.05) is 52.4 Å². The first-order valence-corrected chi connectivity index (χ1v) is 11.4. The maximum Gasteiger partial charge on any atom is 0.232 e. The maximum atomic E-state index is 12.5. The zero-order valence-electron chi connectivity index (χ0n) is 17.9. The summed E-state index contributed by atoms with van der Waals surface area (Å²) in [4.78, 5) is 25.1. The van der Waals surface area contributed by atoms with Gasteiger partial charge in [-0.05, 0) is 6.42 Å². The lowest BCUT2D eigenvalue weighted by Gasteiger charge is -2.18. The standard InChI is InChI=1S/C21H43N5O2/c1-2-3-4-5-6-7-8-9-10-19-20(27)25-17-15-23-13-11-22-12-14-24-16-18-26-21(19)28/h19,22-24H,2-18H2,1H3,(H,25,27)(H,26,28). The third-order valence-corrected chi connectivity index (χ3v) is 5.14. The molecule has 0 aromatic rings. The number of amides is 2. The van der Waals surface area contributed by atoms with Crippen LogP contribution in [0.3, 0.4) is 0 Å². The molecule has 0 bridgehead atoms. The van der Waals surface area contributed by atoms with Crippen LogP contribution >= 0.6 is 0 Å². The molecule has 1 aliphatic heterocycles. The largest absolute Gasteiger partial charge is 0.354 e. The van der Waals surface area contributed by atoms with Gasteiger partial charge >= 0.3 is 0 Å². The number of rotatable bonds is 9. The lowest BCUT2D eigenvalue weighted by Crippen LogP contribution is -2.45. The molecule has 0 aliphatic carbocycles. The molecule has 0 saturated carbocycles. The Bertz CT molecular complexity index is 380. The second kappa shape index (κ2) is 17.9. The first-order chi connectivity index (χ1) is 13.8. The molecule has 1 aliphatic rings. The topological polar surface area (TPSA) is 94.3 Å². The molecule has 0 spiro atoms. The minimum Gasteiger partial charge on any atom is -0.354 e.